The van der Waals surface area contributed by atoms with Gasteiger partial charge in [-0.3, -0.25) is 19.7 Å². The number of nitrogens with zero attached hydrogens (tertiary/aromatic N) is 2. The summed E-state index contributed by atoms with van der Waals surface area (Å²) in [6.07, 6.45) is 1.21. The molecule has 0 aliphatic heterocycles. The van der Waals surface area contributed by atoms with Gasteiger partial charge in [0.25, 0.3) is 21.5 Å². The second-order valence-corrected chi connectivity index (χ2v) is 9.14. The van der Waals surface area contributed by atoms with Crippen molar-refractivity contribution in [2.75, 3.05) is 10.1 Å². The lowest BCUT2D eigenvalue weighted by Gasteiger charge is -2.11. The van der Waals surface area contributed by atoms with Crippen LogP contribution in [0, 0.1) is 0 Å². The number of nitrogens with one attached hydrogen (secondary N) is 2. The standard InChI is InChI=1S/C21H14Cl2N4O4S/c22-17-9-8-15(11-18(17)23)32(30,31)26-14-5-3-4-13(10-14)20(28)25-27-12-24-19-7-2-1-6-16(19)21(27)29/h1-12,26H,(H,25,28). The summed E-state index contributed by atoms with van der Waals surface area (Å²) in [4.78, 5) is 29.3. The lowest BCUT2D eigenvalue weighted by molar-refractivity contribution is 0.101. The lowest BCUT2D eigenvalue weighted by atomic mass is 10.2. The molecule has 2 N–H and O–H groups in total. The number of rotatable bonds is 5. The molecule has 1 heterocycles. The van der Waals surface area contributed by atoms with Crippen LogP contribution in [-0.2, 0) is 10.0 Å². The highest BCUT2D eigenvalue weighted by Gasteiger charge is 2.17. The van der Waals surface area contributed by atoms with Crippen molar-refractivity contribution in [1.82, 2.24) is 9.66 Å². The second-order valence-electron chi connectivity index (χ2n) is 6.64. The van der Waals surface area contributed by atoms with Gasteiger partial charge in [0, 0.05) is 11.3 Å². The summed E-state index contributed by atoms with van der Waals surface area (Å²) in [7, 11) is -3.97. The van der Waals surface area contributed by atoms with Crippen molar-refractivity contribution in [2.45, 2.75) is 4.90 Å². The maximum absolute atomic E-state index is 12.7. The van der Waals surface area contributed by atoms with Crippen molar-refractivity contribution < 1.29 is 13.2 Å². The molecule has 8 nitrogen and oxygen atoms in total. The van der Waals surface area contributed by atoms with Crippen molar-refractivity contribution in [3.8, 4) is 0 Å². The fourth-order valence-corrected chi connectivity index (χ4v) is 4.34. The van der Waals surface area contributed by atoms with E-state index in [0.29, 0.717) is 10.9 Å². The van der Waals surface area contributed by atoms with E-state index < -0.39 is 21.5 Å². The molecule has 11 heteroatoms. The average Bonchev–Trinajstić information content (AvgIpc) is 2.77. The van der Waals surface area contributed by atoms with Crippen LogP contribution in [0.5, 0.6) is 0 Å². The summed E-state index contributed by atoms with van der Waals surface area (Å²) < 4.78 is 28.6. The molecule has 0 saturated heterocycles. The molecule has 0 aliphatic carbocycles. The Morgan fingerprint density at radius 3 is 2.50 bits per heavy atom. The molecule has 0 saturated carbocycles. The van der Waals surface area contributed by atoms with Gasteiger partial charge in [0.05, 0.1) is 25.8 Å². The smallest absolute Gasteiger partial charge is 0.280 e. The highest BCUT2D eigenvalue weighted by Crippen LogP contribution is 2.26. The van der Waals surface area contributed by atoms with Crippen LogP contribution in [0.1, 0.15) is 10.4 Å². The number of hydrogen-bond acceptors (Lipinski definition) is 5. The van der Waals surface area contributed by atoms with Crippen LogP contribution in [0.25, 0.3) is 10.9 Å². The van der Waals surface area contributed by atoms with E-state index in [1.807, 2.05) is 0 Å². The van der Waals surface area contributed by atoms with Crippen molar-refractivity contribution in [2.24, 2.45) is 0 Å². The molecule has 0 radical (unpaired) electrons. The first-order valence-corrected chi connectivity index (χ1v) is 11.3. The van der Waals surface area contributed by atoms with Crippen LogP contribution < -0.4 is 15.7 Å². The van der Waals surface area contributed by atoms with Crippen LogP contribution in [-0.4, -0.2) is 24.0 Å². The Balaban J connectivity index is 1.57. The van der Waals surface area contributed by atoms with Crippen molar-refractivity contribution >= 4 is 55.7 Å². The molecule has 0 bridgehead atoms. The normalized spacial score (nSPS) is 11.3. The fourth-order valence-electron chi connectivity index (χ4n) is 2.90. The van der Waals surface area contributed by atoms with E-state index in [4.69, 9.17) is 23.2 Å². The minimum absolute atomic E-state index is 0.0875. The molecule has 1 amide bonds. The number of amides is 1. The van der Waals surface area contributed by atoms with E-state index in [1.54, 1.807) is 24.3 Å². The van der Waals surface area contributed by atoms with Crippen molar-refractivity contribution in [3.63, 3.8) is 0 Å². The van der Waals surface area contributed by atoms with Gasteiger partial charge in [-0.1, -0.05) is 41.4 Å². The Morgan fingerprint density at radius 2 is 1.72 bits per heavy atom. The molecule has 162 valence electrons. The number of para-hydroxylation sites is 1. The van der Waals surface area contributed by atoms with Gasteiger partial charge >= 0.3 is 0 Å². The Labute approximate surface area is 192 Å². The third kappa shape index (κ3) is 4.45. The maximum Gasteiger partial charge on any atom is 0.280 e. The van der Waals surface area contributed by atoms with Gasteiger partial charge in [-0.25, -0.2) is 18.1 Å². The zero-order valence-corrected chi connectivity index (χ0v) is 18.4. The van der Waals surface area contributed by atoms with Crippen LogP contribution in [0.3, 0.4) is 0 Å². The highest BCUT2D eigenvalue weighted by atomic mass is 35.5. The number of aromatic nitrogens is 2. The molecular weight excluding hydrogens is 475 g/mol. The summed E-state index contributed by atoms with van der Waals surface area (Å²) in [5, 5.41) is 0.665. The van der Waals surface area contributed by atoms with Crippen LogP contribution in [0.15, 0.2) is 82.7 Å². The van der Waals surface area contributed by atoms with E-state index in [0.717, 1.165) is 4.68 Å². The number of fused-ring (bicyclic) bond motifs is 1. The Kier molecular flexibility index (Phi) is 5.88. The summed E-state index contributed by atoms with van der Waals surface area (Å²) in [6, 6.07) is 16.4. The quantitative estimate of drug-likeness (QED) is 0.442. The summed E-state index contributed by atoms with van der Waals surface area (Å²) >= 11 is 11.7. The predicted molar refractivity (Wildman–Crippen MR) is 123 cm³/mol. The molecule has 0 aliphatic rings. The summed E-state index contributed by atoms with van der Waals surface area (Å²) in [6.45, 7) is 0. The van der Waals surface area contributed by atoms with Gasteiger partial charge in [-0.2, -0.15) is 0 Å². The number of carbonyl (C=O) groups is 1. The largest absolute Gasteiger partial charge is 0.280 e. The van der Waals surface area contributed by atoms with Gasteiger partial charge in [0.1, 0.15) is 6.33 Å². The molecule has 4 rings (SSSR count). The molecule has 0 fully saturated rings. The number of carbonyl (C=O) groups excluding carboxylic acids is 1. The Hall–Kier alpha value is -3.40. The van der Waals surface area contributed by atoms with Gasteiger partial charge in [-0.15, -0.1) is 0 Å². The zero-order chi connectivity index (χ0) is 22.9. The van der Waals surface area contributed by atoms with Crippen LogP contribution >= 0.6 is 23.2 Å². The highest BCUT2D eigenvalue weighted by molar-refractivity contribution is 7.92. The molecule has 32 heavy (non-hydrogen) atoms. The van der Waals surface area contributed by atoms with Gasteiger partial charge < -0.3 is 0 Å². The Bertz CT molecular complexity index is 1520. The third-order valence-electron chi connectivity index (χ3n) is 4.47. The topological polar surface area (TPSA) is 110 Å². The zero-order valence-electron chi connectivity index (χ0n) is 16.1. The lowest BCUT2D eigenvalue weighted by Crippen LogP contribution is -2.33. The first-order chi connectivity index (χ1) is 15.2. The van der Waals surface area contributed by atoms with Crippen LogP contribution in [0.2, 0.25) is 10.0 Å². The summed E-state index contributed by atoms with van der Waals surface area (Å²) in [5.74, 6) is -0.625. The predicted octanol–water partition coefficient (Wildman–Crippen LogP) is 3.89. The van der Waals surface area contributed by atoms with E-state index in [2.05, 4.69) is 15.1 Å². The first kappa shape index (κ1) is 21.8. The van der Waals surface area contributed by atoms with Crippen molar-refractivity contribution in [1.29, 1.82) is 0 Å². The molecular formula is C21H14Cl2N4O4S. The minimum Gasteiger partial charge on any atom is -0.280 e. The number of halogens is 2. The van der Waals surface area contributed by atoms with Gasteiger partial charge in [-0.05, 0) is 48.5 Å². The average molecular weight is 489 g/mol. The van der Waals surface area contributed by atoms with E-state index in [1.165, 1.54) is 48.8 Å². The van der Waals surface area contributed by atoms with Gasteiger partial charge in [0.15, 0.2) is 0 Å². The third-order valence-corrected chi connectivity index (χ3v) is 6.58. The van der Waals surface area contributed by atoms with Crippen molar-refractivity contribution in [3.05, 3.63) is 99.0 Å². The summed E-state index contributed by atoms with van der Waals surface area (Å²) in [5.41, 5.74) is 2.78. The van der Waals surface area contributed by atoms with Gasteiger partial charge in [0.2, 0.25) is 0 Å². The van der Waals surface area contributed by atoms with Crippen LogP contribution in [0.4, 0.5) is 5.69 Å². The van der Waals surface area contributed by atoms with E-state index in [9.17, 15) is 18.0 Å². The number of anilines is 1. The number of benzene rings is 3. The maximum atomic E-state index is 12.7. The van der Waals surface area contributed by atoms with E-state index >= 15 is 0 Å². The Morgan fingerprint density at radius 1 is 0.938 bits per heavy atom. The van der Waals surface area contributed by atoms with E-state index in [-0.39, 0.29) is 26.2 Å². The molecule has 0 unspecified atom stereocenters. The molecule has 1 aromatic heterocycles. The monoisotopic (exact) mass is 488 g/mol. The number of sulfonamides is 1. The SMILES string of the molecule is O=C(Nn1cnc2ccccc2c1=O)c1cccc(NS(=O)(=O)c2ccc(Cl)c(Cl)c2)c1. The molecule has 3 aromatic carbocycles. The first-order valence-electron chi connectivity index (χ1n) is 9.10. The number of hydrogen-bond donors (Lipinski definition) is 2. The minimum atomic E-state index is -3.97. The molecule has 0 atom stereocenters. The molecule has 4 aromatic rings. The fraction of sp³-hybridized carbons (Fsp3) is 0. The second kappa shape index (κ2) is 8.62. The molecule has 0 spiro atoms.